The van der Waals surface area contributed by atoms with Gasteiger partial charge in [0.2, 0.25) is 0 Å². The van der Waals surface area contributed by atoms with E-state index in [-0.39, 0.29) is 5.82 Å². The predicted molar refractivity (Wildman–Crippen MR) is 67.8 cm³/mol. The van der Waals surface area contributed by atoms with Gasteiger partial charge in [-0.1, -0.05) is 0 Å². The lowest BCUT2D eigenvalue weighted by Crippen LogP contribution is -2.16. The summed E-state index contributed by atoms with van der Waals surface area (Å²) in [5, 5.41) is 4.38. The highest BCUT2D eigenvalue weighted by Crippen LogP contribution is 2.29. The maximum atomic E-state index is 12.9. The summed E-state index contributed by atoms with van der Waals surface area (Å²) < 4.78 is 12.9. The summed E-state index contributed by atoms with van der Waals surface area (Å²) in [5.41, 5.74) is 2.22. The van der Waals surface area contributed by atoms with Crippen LogP contribution in [0.15, 0.2) is 24.3 Å². The third kappa shape index (κ3) is 2.23. The quantitative estimate of drug-likeness (QED) is 0.839. The minimum atomic E-state index is -0.198. The van der Waals surface area contributed by atoms with Crippen LogP contribution in [0.25, 0.3) is 10.6 Å². The zero-order valence-electron chi connectivity index (χ0n) is 9.37. The number of thiazole rings is 1. The summed E-state index contributed by atoms with van der Waals surface area (Å²) in [5.74, 6) is -0.198. The third-order valence-corrected chi connectivity index (χ3v) is 4.14. The summed E-state index contributed by atoms with van der Waals surface area (Å²) in [6.45, 7) is 2.03. The van der Waals surface area contributed by atoms with Crippen molar-refractivity contribution in [1.29, 1.82) is 0 Å². The molecule has 4 heteroatoms. The Labute approximate surface area is 104 Å². The van der Waals surface area contributed by atoms with Gasteiger partial charge in [0.25, 0.3) is 0 Å². The molecule has 2 heterocycles. The number of rotatable bonds is 1. The first-order valence-corrected chi connectivity index (χ1v) is 6.60. The van der Waals surface area contributed by atoms with Crippen molar-refractivity contribution in [3.8, 4) is 10.6 Å². The van der Waals surface area contributed by atoms with E-state index in [1.807, 2.05) is 0 Å². The molecule has 0 unspecified atom stereocenters. The third-order valence-electron chi connectivity index (χ3n) is 2.94. The number of nitrogens with one attached hydrogen (secondary N) is 1. The lowest BCUT2D eigenvalue weighted by Gasteiger charge is -1.97. The highest BCUT2D eigenvalue weighted by molar-refractivity contribution is 7.15. The molecule has 0 bridgehead atoms. The predicted octanol–water partition coefficient (Wildman–Crippen LogP) is 2.64. The van der Waals surface area contributed by atoms with E-state index in [0.29, 0.717) is 0 Å². The number of aromatic nitrogens is 1. The molecule has 0 atom stereocenters. The van der Waals surface area contributed by atoms with Crippen molar-refractivity contribution in [3.63, 3.8) is 0 Å². The van der Waals surface area contributed by atoms with E-state index in [4.69, 9.17) is 0 Å². The van der Waals surface area contributed by atoms with Crippen molar-refractivity contribution >= 4 is 11.3 Å². The SMILES string of the molecule is Fc1ccc(-c2nc3c(s2)CCNCC3)cc1. The highest BCUT2D eigenvalue weighted by atomic mass is 32.1. The van der Waals surface area contributed by atoms with Crippen LogP contribution < -0.4 is 5.32 Å². The van der Waals surface area contributed by atoms with Crippen LogP contribution in [0, 0.1) is 5.82 Å². The molecule has 0 aliphatic carbocycles. The molecule has 1 aromatic heterocycles. The van der Waals surface area contributed by atoms with E-state index in [2.05, 4.69) is 10.3 Å². The largest absolute Gasteiger partial charge is 0.316 e. The second kappa shape index (κ2) is 4.55. The summed E-state index contributed by atoms with van der Waals surface area (Å²) in [4.78, 5) is 6.04. The summed E-state index contributed by atoms with van der Waals surface area (Å²) >= 11 is 1.73. The van der Waals surface area contributed by atoms with Crippen LogP contribution in [-0.4, -0.2) is 18.1 Å². The van der Waals surface area contributed by atoms with E-state index >= 15 is 0 Å². The number of hydrogen-bond acceptors (Lipinski definition) is 3. The number of benzene rings is 1. The molecule has 0 amide bonds. The van der Waals surface area contributed by atoms with Gasteiger partial charge in [-0.05, 0) is 30.7 Å². The Morgan fingerprint density at radius 3 is 2.71 bits per heavy atom. The highest BCUT2D eigenvalue weighted by Gasteiger charge is 2.14. The zero-order chi connectivity index (χ0) is 11.7. The Bertz CT molecular complexity index is 495. The molecule has 0 spiro atoms. The fraction of sp³-hybridized carbons (Fsp3) is 0.308. The maximum absolute atomic E-state index is 12.9. The molecule has 0 radical (unpaired) electrons. The first-order chi connectivity index (χ1) is 8.33. The Kier molecular flexibility index (Phi) is 2.91. The molecular weight excluding hydrogens is 235 g/mol. The second-order valence-corrected chi connectivity index (χ2v) is 5.23. The Balaban J connectivity index is 1.96. The number of nitrogens with zero attached hydrogens (tertiary/aromatic N) is 1. The van der Waals surface area contributed by atoms with E-state index in [9.17, 15) is 4.39 Å². The van der Waals surface area contributed by atoms with Gasteiger partial charge < -0.3 is 5.32 Å². The van der Waals surface area contributed by atoms with Crippen LogP contribution in [-0.2, 0) is 12.8 Å². The van der Waals surface area contributed by atoms with E-state index in [1.165, 1.54) is 22.7 Å². The Morgan fingerprint density at radius 2 is 1.88 bits per heavy atom. The van der Waals surface area contributed by atoms with Crippen molar-refractivity contribution in [2.75, 3.05) is 13.1 Å². The summed E-state index contributed by atoms with van der Waals surface area (Å²) in [6, 6.07) is 6.57. The molecule has 1 aliphatic heterocycles. The van der Waals surface area contributed by atoms with Gasteiger partial charge in [0.1, 0.15) is 10.8 Å². The molecule has 17 heavy (non-hydrogen) atoms. The van der Waals surface area contributed by atoms with Crippen molar-refractivity contribution in [2.24, 2.45) is 0 Å². The second-order valence-electron chi connectivity index (χ2n) is 4.15. The van der Waals surface area contributed by atoms with E-state index < -0.39 is 0 Å². The fourth-order valence-electron chi connectivity index (χ4n) is 2.02. The van der Waals surface area contributed by atoms with Gasteiger partial charge in [0.15, 0.2) is 0 Å². The van der Waals surface area contributed by atoms with Crippen molar-refractivity contribution < 1.29 is 4.39 Å². The minimum Gasteiger partial charge on any atom is -0.316 e. The Hall–Kier alpha value is -1.26. The van der Waals surface area contributed by atoms with Gasteiger partial charge in [-0.15, -0.1) is 11.3 Å². The smallest absolute Gasteiger partial charge is 0.123 e. The molecule has 0 saturated heterocycles. The molecule has 1 N–H and O–H groups in total. The average Bonchev–Trinajstić information content (AvgIpc) is 2.62. The molecule has 1 aliphatic rings. The van der Waals surface area contributed by atoms with Crippen LogP contribution in [0.2, 0.25) is 0 Å². The molecular formula is C13H13FN2S. The maximum Gasteiger partial charge on any atom is 0.123 e. The monoisotopic (exact) mass is 248 g/mol. The van der Waals surface area contributed by atoms with Gasteiger partial charge in [-0.2, -0.15) is 0 Å². The minimum absolute atomic E-state index is 0.198. The van der Waals surface area contributed by atoms with E-state index in [1.54, 1.807) is 23.5 Å². The van der Waals surface area contributed by atoms with Gasteiger partial charge in [0, 0.05) is 30.0 Å². The molecule has 0 fully saturated rings. The molecule has 2 aromatic rings. The summed E-state index contributed by atoms with van der Waals surface area (Å²) in [7, 11) is 0. The molecule has 2 nitrogen and oxygen atoms in total. The van der Waals surface area contributed by atoms with Crippen LogP contribution in [0.1, 0.15) is 10.6 Å². The number of halogens is 1. The first kappa shape index (κ1) is 10.9. The van der Waals surface area contributed by atoms with Crippen molar-refractivity contribution in [2.45, 2.75) is 12.8 Å². The molecule has 0 saturated carbocycles. The fourth-order valence-corrected chi connectivity index (χ4v) is 3.14. The van der Waals surface area contributed by atoms with Crippen LogP contribution >= 0.6 is 11.3 Å². The first-order valence-electron chi connectivity index (χ1n) is 5.78. The average molecular weight is 248 g/mol. The molecule has 88 valence electrons. The zero-order valence-corrected chi connectivity index (χ0v) is 10.2. The number of hydrogen-bond donors (Lipinski definition) is 1. The van der Waals surface area contributed by atoms with Gasteiger partial charge in [-0.25, -0.2) is 9.37 Å². The normalized spacial score (nSPS) is 15.4. The van der Waals surface area contributed by atoms with Crippen LogP contribution in [0.5, 0.6) is 0 Å². The Morgan fingerprint density at radius 1 is 1.12 bits per heavy atom. The lowest BCUT2D eigenvalue weighted by molar-refractivity contribution is 0.628. The van der Waals surface area contributed by atoms with Crippen LogP contribution in [0.3, 0.4) is 0 Å². The molecule has 1 aromatic carbocycles. The van der Waals surface area contributed by atoms with E-state index in [0.717, 1.165) is 36.5 Å². The molecule has 3 rings (SSSR count). The summed E-state index contributed by atoms with van der Waals surface area (Å²) in [6.07, 6.45) is 2.04. The standard InChI is InChI=1S/C13H13FN2S/c14-10-3-1-9(2-4-10)13-16-11-5-7-15-8-6-12(11)17-13/h1-4,15H,5-8H2. The lowest BCUT2D eigenvalue weighted by atomic mass is 10.2. The van der Waals surface area contributed by atoms with Gasteiger partial charge in [0.05, 0.1) is 5.69 Å². The van der Waals surface area contributed by atoms with Crippen LogP contribution in [0.4, 0.5) is 4.39 Å². The number of fused-ring (bicyclic) bond motifs is 1. The van der Waals surface area contributed by atoms with Gasteiger partial charge in [-0.3, -0.25) is 0 Å². The van der Waals surface area contributed by atoms with Gasteiger partial charge >= 0.3 is 0 Å². The van der Waals surface area contributed by atoms with Crippen molar-refractivity contribution in [3.05, 3.63) is 40.7 Å². The topological polar surface area (TPSA) is 24.9 Å². The van der Waals surface area contributed by atoms with Crippen molar-refractivity contribution in [1.82, 2.24) is 10.3 Å².